The molecule has 0 spiro atoms. The van der Waals surface area contributed by atoms with Crippen LogP contribution in [0.4, 0.5) is 0 Å². The van der Waals surface area contributed by atoms with Crippen LogP contribution in [0.1, 0.15) is 27.7 Å². The van der Waals surface area contributed by atoms with E-state index in [1.165, 1.54) is 41.8 Å². The second-order valence-corrected chi connectivity index (χ2v) is 9.46. The van der Waals surface area contributed by atoms with Gasteiger partial charge < -0.3 is 4.42 Å². The Bertz CT molecular complexity index is 1370. The molecule has 1 aromatic carbocycles. The molecule has 4 rings (SSSR count). The number of fused-ring (bicyclic) bond motifs is 1. The number of aryl methyl sites for hydroxylation is 1. The molecule has 0 aliphatic rings. The smallest absolute Gasteiger partial charge is 0.290 e. The van der Waals surface area contributed by atoms with Gasteiger partial charge in [-0.3, -0.25) is 9.20 Å². The van der Waals surface area contributed by atoms with Gasteiger partial charge in [-0.05, 0) is 43.3 Å². The van der Waals surface area contributed by atoms with E-state index in [2.05, 4.69) is 20.2 Å². The highest BCUT2D eigenvalue weighted by molar-refractivity contribution is 7.89. The number of hydrogen-bond acceptors (Lipinski definition) is 7. The van der Waals surface area contributed by atoms with E-state index < -0.39 is 15.9 Å². The monoisotopic (exact) mass is 477 g/mol. The lowest BCUT2D eigenvalue weighted by Crippen LogP contribution is -2.22. The van der Waals surface area contributed by atoms with Crippen molar-refractivity contribution in [3.8, 4) is 0 Å². The molecule has 160 valence electrons. The van der Waals surface area contributed by atoms with Crippen LogP contribution < -0.4 is 10.1 Å². The van der Waals surface area contributed by atoms with Crippen molar-refractivity contribution in [1.82, 2.24) is 19.5 Å². The van der Waals surface area contributed by atoms with E-state index in [1.54, 1.807) is 29.7 Å². The van der Waals surface area contributed by atoms with Crippen molar-refractivity contribution in [2.24, 2.45) is 5.10 Å². The summed E-state index contributed by atoms with van der Waals surface area (Å²) in [6, 6.07) is 9.06. The van der Waals surface area contributed by atoms with Crippen LogP contribution in [-0.2, 0) is 16.6 Å². The van der Waals surface area contributed by atoms with E-state index in [-0.39, 0.29) is 11.4 Å². The molecule has 9 nitrogen and oxygen atoms in total. The van der Waals surface area contributed by atoms with Crippen molar-refractivity contribution in [3.63, 3.8) is 0 Å². The SMILES string of the molecule is Cc1nc2sccn2c1C(=O)N/N=C/c1ccc(CNS(=O)(=O)c2ccc(Cl)cc2)o1. The fraction of sp³-hybridized carbons (Fsp3) is 0.105. The second-order valence-electron chi connectivity index (χ2n) is 6.38. The lowest BCUT2D eigenvalue weighted by molar-refractivity contribution is 0.0948. The zero-order valence-corrected chi connectivity index (χ0v) is 18.5. The average molecular weight is 478 g/mol. The summed E-state index contributed by atoms with van der Waals surface area (Å²) in [5.74, 6) is 0.339. The molecule has 0 saturated heterocycles. The molecule has 3 heterocycles. The minimum atomic E-state index is -3.70. The summed E-state index contributed by atoms with van der Waals surface area (Å²) in [5, 5.41) is 6.19. The average Bonchev–Trinajstić information content (AvgIpc) is 3.43. The topological polar surface area (TPSA) is 118 Å². The molecule has 0 fully saturated rings. The van der Waals surface area contributed by atoms with E-state index >= 15 is 0 Å². The van der Waals surface area contributed by atoms with Gasteiger partial charge in [-0.1, -0.05) is 11.6 Å². The van der Waals surface area contributed by atoms with Gasteiger partial charge in [0.2, 0.25) is 10.0 Å². The standard InChI is InChI=1S/C19H16ClN5O4S2/c1-12-17(25-8-9-30-19(25)23-12)18(26)24-21-10-14-4-5-15(29-14)11-22-31(27,28)16-6-2-13(20)3-7-16/h2-10,22H,11H2,1H3,(H,24,26)/b21-10+. The third-order valence-corrected chi connectivity index (χ3v) is 6.68. The zero-order valence-electron chi connectivity index (χ0n) is 16.1. The molecule has 0 atom stereocenters. The number of hydrazone groups is 1. The largest absolute Gasteiger partial charge is 0.459 e. The predicted molar refractivity (Wildman–Crippen MR) is 117 cm³/mol. The maximum absolute atomic E-state index is 12.4. The second kappa shape index (κ2) is 8.63. The molecule has 0 bridgehead atoms. The first-order valence-electron chi connectivity index (χ1n) is 8.93. The Kier molecular flexibility index (Phi) is 5.92. The van der Waals surface area contributed by atoms with Gasteiger partial charge in [0.25, 0.3) is 5.91 Å². The van der Waals surface area contributed by atoms with Crippen LogP contribution in [0.5, 0.6) is 0 Å². The summed E-state index contributed by atoms with van der Waals surface area (Å²) >= 11 is 7.22. The van der Waals surface area contributed by atoms with Crippen molar-refractivity contribution >= 4 is 50.0 Å². The molecule has 12 heteroatoms. The van der Waals surface area contributed by atoms with E-state index in [0.29, 0.717) is 27.9 Å². The number of nitrogens with zero attached hydrogens (tertiary/aromatic N) is 3. The number of nitrogens with one attached hydrogen (secondary N) is 2. The number of hydrogen-bond donors (Lipinski definition) is 2. The fourth-order valence-electron chi connectivity index (χ4n) is 2.80. The number of amides is 1. The molecule has 0 radical (unpaired) electrons. The van der Waals surface area contributed by atoms with E-state index in [0.717, 1.165) is 4.96 Å². The number of carbonyl (C=O) groups is 1. The minimum absolute atomic E-state index is 0.0453. The van der Waals surface area contributed by atoms with Gasteiger partial charge in [0.05, 0.1) is 23.3 Å². The van der Waals surface area contributed by atoms with Gasteiger partial charge >= 0.3 is 0 Å². The minimum Gasteiger partial charge on any atom is -0.459 e. The Balaban J connectivity index is 1.36. The van der Waals surface area contributed by atoms with Crippen molar-refractivity contribution in [2.75, 3.05) is 0 Å². The van der Waals surface area contributed by atoms with Crippen LogP contribution in [0.15, 0.2) is 62.4 Å². The van der Waals surface area contributed by atoms with Crippen molar-refractivity contribution in [2.45, 2.75) is 18.4 Å². The molecular formula is C19H16ClN5O4S2. The number of aromatic nitrogens is 2. The quantitative estimate of drug-likeness (QED) is 0.313. The van der Waals surface area contributed by atoms with Gasteiger partial charge in [0.15, 0.2) is 4.96 Å². The molecule has 0 unspecified atom stereocenters. The Morgan fingerprint density at radius 1 is 1.29 bits per heavy atom. The van der Waals surface area contributed by atoms with E-state index in [1.807, 2.05) is 5.38 Å². The highest BCUT2D eigenvalue weighted by atomic mass is 35.5. The van der Waals surface area contributed by atoms with Crippen LogP contribution >= 0.6 is 22.9 Å². The first kappa shape index (κ1) is 21.2. The molecule has 31 heavy (non-hydrogen) atoms. The first-order valence-corrected chi connectivity index (χ1v) is 11.7. The van der Waals surface area contributed by atoms with Crippen molar-refractivity contribution < 1.29 is 17.6 Å². The third kappa shape index (κ3) is 4.69. The maximum Gasteiger partial charge on any atom is 0.290 e. The first-order chi connectivity index (χ1) is 14.8. The number of carbonyl (C=O) groups excluding carboxylic acids is 1. The summed E-state index contributed by atoms with van der Waals surface area (Å²) in [5.41, 5.74) is 3.45. The number of benzene rings is 1. The number of sulfonamides is 1. The summed E-state index contributed by atoms with van der Waals surface area (Å²) in [7, 11) is -3.70. The van der Waals surface area contributed by atoms with Gasteiger partial charge in [-0.25, -0.2) is 23.5 Å². The number of rotatable bonds is 7. The Morgan fingerprint density at radius 2 is 2.06 bits per heavy atom. The number of furan rings is 1. The van der Waals surface area contributed by atoms with Crippen LogP contribution in [-0.4, -0.2) is 29.9 Å². The molecular weight excluding hydrogens is 462 g/mol. The summed E-state index contributed by atoms with van der Waals surface area (Å²) in [4.78, 5) is 17.5. The summed E-state index contributed by atoms with van der Waals surface area (Å²) in [6.07, 6.45) is 3.10. The molecule has 3 aromatic heterocycles. The van der Waals surface area contributed by atoms with Crippen LogP contribution in [0, 0.1) is 6.92 Å². The lowest BCUT2D eigenvalue weighted by atomic mass is 10.3. The lowest BCUT2D eigenvalue weighted by Gasteiger charge is -2.05. The molecule has 0 aliphatic carbocycles. The molecule has 0 saturated carbocycles. The van der Waals surface area contributed by atoms with Crippen LogP contribution in [0.2, 0.25) is 5.02 Å². The maximum atomic E-state index is 12.4. The fourth-order valence-corrected chi connectivity index (χ4v) is 4.68. The molecule has 1 amide bonds. The number of thiazole rings is 1. The third-order valence-electron chi connectivity index (χ3n) is 4.25. The Hall–Kier alpha value is -2.99. The normalized spacial score (nSPS) is 12.1. The van der Waals surface area contributed by atoms with Gasteiger partial charge in [-0.15, -0.1) is 11.3 Å². The Morgan fingerprint density at radius 3 is 2.84 bits per heavy atom. The summed E-state index contributed by atoms with van der Waals surface area (Å²) in [6.45, 7) is 1.71. The Labute approximate surface area is 186 Å². The van der Waals surface area contributed by atoms with Crippen molar-refractivity contribution in [3.05, 3.63) is 75.9 Å². The van der Waals surface area contributed by atoms with E-state index in [4.69, 9.17) is 16.0 Å². The highest BCUT2D eigenvalue weighted by Crippen LogP contribution is 2.17. The van der Waals surface area contributed by atoms with Crippen LogP contribution in [0.3, 0.4) is 0 Å². The zero-order chi connectivity index (χ0) is 22.0. The molecule has 0 aliphatic heterocycles. The summed E-state index contributed by atoms with van der Waals surface area (Å²) < 4.78 is 34.3. The van der Waals surface area contributed by atoms with Gasteiger partial charge in [0.1, 0.15) is 17.2 Å². The molecule has 4 aromatic rings. The van der Waals surface area contributed by atoms with Crippen molar-refractivity contribution in [1.29, 1.82) is 0 Å². The van der Waals surface area contributed by atoms with Gasteiger partial charge in [-0.2, -0.15) is 5.10 Å². The molecule has 2 N–H and O–H groups in total. The number of halogens is 1. The van der Waals surface area contributed by atoms with Crippen LogP contribution in [0.25, 0.3) is 4.96 Å². The van der Waals surface area contributed by atoms with Gasteiger partial charge in [0, 0.05) is 16.6 Å². The predicted octanol–water partition coefficient (Wildman–Crippen LogP) is 3.19. The van der Waals surface area contributed by atoms with E-state index in [9.17, 15) is 13.2 Å². The highest BCUT2D eigenvalue weighted by Gasteiger charge is 2.17. The number of imidazole rings is 1.